The summed E-state index contributed by atoms with van der Waals surface area (Å²) in [5, 5.41) is 5.52. The van der Waals surface area contributed by atoms with Crippen LogP contribution in [0.4, 0.5) is 0 Å². The van der Waals surface area contributed by atoms with E-state index in [1.807, 2.05) is 6.26 Å². The Morgan fingerprint density at radius 1 is 1.57 bits per heavy atom. The highest BCUT2D eigenvalue weighted by molar-refractivity contribution is 7.09. The van der Waals surface area contributed by atoms with Gasteiger partial charge in [0.15, 0.2) is 0 Å². The van der Waals surface area contributed by atoms with Crippen molar-refractivity contribution in [2.45, 2.75) is 25.5 Å². The molecule has 1 unspecified atom stereocenters. The molecule has 2 rings (SSSR count). The fourth-order valence-electron chi connectivity index (χ4n) is 1.50. The van der Waals surface area contributed by atoms with E-state index < -0.39 is 0 Å². The quantitative estimate of drug-likeness (QED) is 0.822. The Balaban J connectivity index is 1.65. The molecule has 14 heavy (non-hydrogen) atoms. The molecular weight excluding hydrogens is 194 g/mol. The highest BCUT2D eigenvalue weighted by atomic mass is 32.1. The smallest absolute Gasteiger partial charge is 0.110 e. The molecule has 0 bridgehead atoms. The van der Waals surface area contributed by atoms with Gasteiger partial charge in [0, 0.05) is 18.0 Å². The number of allylic oxidation sites excluding steroid dienone is 1. The minimum atomic E-state index is 0.361. The minimum Gasteiger partial charge on any atom is -0.497 e. The van der Waals surface area contributed by atoms with Crippen LogP contribution >= 0.6 is 11.3 Å². The third-order valence-corrected chi connectivity index (χ3v) is 3.15. The number of hydrogen-bond donors (Lipinski definition) is 1. The second kappa shape index (κ2) is 5.17. The van der Waals surface area contributed by atoms with Gasteiger partial charge in [0.1, 0.15) is 6.10 Å². The molecule has 0 aliphatic carbocycles. The van der Waals surface area contributed by atoms with E-state index in [4.69, 9.17) is 4.74 Å². The van der Waals surface area contributed by atoms with Crippen LogP contribution in [0.1, 0.15) is 17.7 Å². The predicted octanol–water partition coefficient (Wildman–Crippen LogP) is 2.53. The third kappa shape index (κ3) is 2.86. The van der Waals surface area contributed by atoms with Gasteiger partial charge in [-0.3, -0.25) is 0 Å². The molecule has 1 aromatic rings. The van der Waals surface area contributed by atoms with E-state index in [9.17, 15) is 0 Å². The standard InChI is InChI=1S/C11H15NOS/c1-2-6-13-10(4-1)8-12-9-11-5-3-7-14-11/h2-3,5-7,10,12H,1,4,8-9H2. The lowest BCUT2D eigenvalue weighted by molar-refractivity contribution is 0.122. The van der Waals surface area contributed by atoms with Crippen LogP contribution in [0.3, 0.4) is 0 Å². The molecule has 1 aliphatic heterocycles. The minimum absolute atomic E-state index is 0.361. The van der Waals surface area contributed by atoms with E-state index in [1.165, 1.54) is 4.88 Å². The molecule has 1 aliphatic rings. The molecule has 0 amide bonds. The number of nitrogens with one attached hydrogen (secondary N) is 1. The van der Waals surface area contributed by atoms with Gasteiger partial charge in [-0.1, -0.05) is 6.07 Å². The molecule has 2 heterocycles. The summed E-state index contributed by atoms with van der Waals surface area (Å²) in [5.41, 5.74) is 0. The van der Waals surface area contributed by atoms with Crippen molar-refractivity contribution in [1.82, 2.24) is 5.32 Å². The average molecular weight is 209 g/mol. The van der Waals surface area contributed by atoms with Crippen LogP contribution in [-0.2, 0) is 11.3 Å². The molecule has 0 saturated heterocycles. The average Bonchev–Trinajstić information content (AvgIpc) is 2.72. The molecular formula is C11H15NOS. The van der Waals surface area contributed by atoms with Crippen molar-refractivity contribution in [3.05, 3.63) is 34.7 Å². The highest BCUT2D eigenvalue weighted by Gasteiger charge is 2.09. The van der Waals surface area contributed by atoms with Crippen LogP contribution in [0.2, 0.25) is 0 Å². The summed E-state index contributed by atoms with van der Waals surface area (Å²) in [6, 6.07) is 4.24. The lowest BCUT2D eigenvalue weighted by atomic mass is 10.1. The van der Waals surface area contributed by atoms with Gasteiger partial charge in [0.05, 0.1) is 6.26 Å². The fourth-order valence-corrected chi connectivity index (χ4v) is 2.18. The summed E-state index contributed by atoms with van der Waals surface area (Å²) in [5.74, 6) is 0. The van der Waals surface area contributed by atoms with Gasteiger partial charge < -0.3 is 10.1 Å². The molecule has 3 heteroatoms. The van der Waals surface area contributed by atoms with Crippen LogP contribution in [-0.4, -0.2) is 12.6 Å². The number of thiophene rings is 1. The van der Waals surface area contributed by atoms with Gasteiger partial charge in [0.25, 0.3) is 0 Å². The molecule has 1 N–H and O–H groups in total. The molecule has 1 aromatic heterocycles. The van der Waals surface area contributed by atoms with Crippen LogP contribution in [0.15, 0.2) is 29.9 Å². The van der Waals surface area contributed by atoms with Gasteiger partial charge in [-0.25, -0.2) is 0 Å². The fraction of sp³-hybridized carbons (Fsp3) is 0.455. The maximum absolute atomic E-state index is 5.46. The maximum atomic E-state index is 5.46. The van der Waals surface area contributed by atoms with Gasteiger partial charge in [-0.05, 0) is 30.4 Å². The first-order chi connectivity index (χ1) is 6.95. The summed E-state index contributed by atoms with van der Waals surface area (Å²) in [7, 11) is 0. The Morgan fingerprint density at radius 2 is 2.57 bits per heavy atom. The number of hydrogen-bond acceptors (Lipinski definition) is 3. The van der Waals surface area contributed by atoms with Crippen molar-refractivity contribution in [1.29, 1.82) is 0 Å². The maximum Gasteiger partial charge on any atom is 0.110 e. The Hall–Kier alpha value is -0.800. The Kier molecular flexibility index (Phi) is 3.60. The largest absolute Gasteiger partial charge is 0.497 e. The molecule has 0 fully saturated rings. The van der Waals surface area contributed by atoms with E-state index in [2.05, 4.69) is 28.9 Å². The number of ether oxygens (including phenoxy) is 1. The Bertz CT molecular complexity index is 281. The summed E-state index contributed by atoms with van der Waals surface area (Å²) < 4.78 is 5.46. The first-order valence-electron chi connectivity index (χ1n) is 4.99. The van der Waals surface area contributed by atoms with Crippen LogP contribution in [0.5, 0.6) is 0 Å². The van der Waals surface area contributed by atoms with E-state index in [0.29, 0.717) is 6.10 Å². The topological polar surface area (TPSA) is 21.3 Å². The SMILES string of the molecule is C1=COC(CNCc2cccs2)CC1. The third-order valence-electron chi connectivity index (χ3n) is 2.27. The molecule has 0 saturated carbocycles. The first kappa shape index (κ1) is 9.74. The van der Waals surface area contributed by atoms with Gasteiger partial charge >= 0.3 is 0 Å². The van der Waals surface area contributed by atoms with Crippen LogP contribution in [0.25, 0.3) is 0 Å². The van der Waals surface area contributed by atoms with Crippen molar-refractivity contribution >= 4 is 11.3 Å². The second-order valence-electron chi connectivity index (χ2n) is 3.42. The Labute approximate surface area is 88.6 Å². The summed E-state index contributed by atoms with van der Waals surface area (Å²) >= 11 is 1.79. The first-order valence-corrected chi connectivity index (χ1v) is 5.86. The van der Waals surface area contributed by atoms with Gasteiger partial charge in [-0.2, -0.15) is 0 Å². The van der Waals surface area contributed by atoms with Crippen LogP contribution in [0, 0.1) is 0 Å². The highest BCUT2D eigenvalue weighted by Crippen LogP contribution is 2.10. The van der Waals surface area contributed by atoms with Crippen molar-refractivity contribution in [3.8, 4) is 0 Å². The van der Waals surface area contributed by atoms with E-state index >= 15 is 0 Å². The van der Waals surface area contributed by atoms with Crippen molar-refractivity contribution in [2.75, 3.05) is 6.54 Å². The molecule has 0 radical (unpaired) electrons. The van der Waals surface area contributed by atoms with Crippen molar-refractivity contribution < 1.29 is 4.74 Å². The zero-order valence-electron chi connectivity index (χ0n) is 8.11. The molecule has 0 spiro atoms. The summed E-state index contributed by atoms with van der Waals surface area (Å²) in [4.78, 5) is 1.39. The summed E-state index contributed by atoms with van der Waals surface area (Å²) in [6.45, 7) is 1.91. The van der Waals surface area contributed by atoms with E-state index in [1.54, 1.807) is 11.3 Å². The zero-order chi connectivity index (χ0) is 9.64. The van der Waals surface area contributed by atoms with Crippen molar-refractivity contribution in [2.24, 2.45) is 0 Å². The molecule has 1 atom stereocenters. The van der Waals surface area contributed by atoms with E-state index in [-0.39, 0.29) is 0 Å². The number of rotatable bonds is 4. The second-order valence-corrected chi connectivity index (χ2v) is 4.45. The van der Waals surface area contributed by atoms with Gasteiger partial charge in [-0.15, -0.1) is 11.3 Å². The van der Waals surface area contributed by atoms with Crippen molar-refractivity contribution in [3.63, 3.8) is 0 Å². The summed E-state index contributed by atoms with van der Waals surface area (Å²) in [6.07, 6.45) is 6.54. The van der Waals surface area contributed by atoms with E-state index in [0.717, 1.165) is 25.9 Å². The monoisotopic (exact) mass is 209 g/mol. The molecule has 76 valence electrons. The predicted molar refractivity (Wildman–Crippen MR) is 59.3 cm³/mol. The van der Waals surface area contributed by atoms with Crippen LogP contribution < -0.4 is 5.32 Å². The Morgan fingerprint density at radius 3 is 3.29 bits per heavy atom. The lowest BCUT2D eigenvalue weighted by Gasteiger charge is -2.19. The zero-order valence-corrected chi connectivity index (χ0v) is 8.93. The lowest BCUT2D eigenvalue weighted by Crippen LogP contribution is -2.28. The van der Waals surface area contributed by atoms with Gasteiger partial charge in [0.2, 0.25) is 0 Å². The molecule has 2 nitrogen and oxygen atoms in total. The molecule has 0 aromatic carbocycles. The normalized spacial score (nSPS) is 20.7.